The molecule has 2 aromatic rings. The zero-order chi connectivity index (χ0) is 12.3. The minimum atomic E-state index is 0.360. The van der Waals surface area contributed by atoms with Gasteiger partial charge in [-0.15, -0.1) is 11.6 Å². The number of rotatable bonds is 4. The first-order chi connectivity index (χ1) is 8.28. The molecule has 0 aliphatic carbocycles. The highest BCUT2D eigenvalue weighted by atomic mass is 35.5. The maximum absolute atomic E-state index is 5.70. The van der Waals surface area contributed by atoms with E-state index in [1.807, 2.05) is 18.2 Å². The Morgan fingerprint density at radius 1 is 1.29 bits per heavy atom. The molecule has 1 aromatic heterocycles. The molecule has 5 heteroatoms. The van der Waals surface area contributed by atoms with Crippen molar-refractivity contribution in [3.63, 3.8) is 0 Å². The van der Waals surface area contributed by atoms with Crippen molar-refractivity contribution in [2.45, 2.75) is 5.88 Å². The summed E-state index contributed by atoms with van der Waals surface area (Å²) in [5.41, 5.74) is 1.80. The molecule has 90 valence electrons. The standard InChI is InChI=1S/C12H13ClN2O2/c1-16-8-3-4-9(11(5-8)17-2)10-7-14-12(6-13)15-10/h3-5,7H,6H2,1-2H3,(H,14,15). The van der Waals surface area contributed by atoms with Crippen molar-refractivity contribution in [2.75, 3.05) is 14.2 Å². The highest BCUT2D eigenvalue weighted by molar-refractivity contribution is 6.16. The molecule has 0 saturated heterocycles. The number of H-pyrrole nitrogens is 1. The monoisotopic (exact) mass is 252 g/mol. The molecule has 0 aliphatic heterocycles. The highest BCUT2D eigenvalue weighted by Crippen LogP contribution is 2.32. The van der Waals surface area contributed by atoms with Crippen LogP contribution in [0.5, 0.6) is 11.5 Å². The van der Waals surface area contributed by atoms with E-state index in [0.29, 0.717) is 5.88 Å². The molecule has 4 nitrogen and oxygen atoms in total. The predicted molar refractivity (Wildman–Crippen MR) is 66.7 cm³/mol. The zero-order valence-corrected chi connectivity index (χ0v) is 10.4. The normalized spacial score (nSPS) is 10.3. The molecule has 1 N–H and O–H groups in total. The van der Waals surface area contributed by atoms with Crippen molar-refractivity contribution in [1.29, 1.82) is 0 Å². The van der Waals surface area contributed by atoms with E-state index in [1.54, 1.807) is 20.4 Å². The third kappa shape index (κ3) is 2.36. The van der Waals surface area contributed by atoms with Gasteiger partial charge in [0.05, 0.1) is 32.0 Å². The topological polar surface area (TPSA) is 47.1 Å². The fraction of sp³-hybridized carbons (Fsp3) is 0.250. The van der Waals surface area contributed by atoms with Gasteiger partial charge in [-0.25, -0.2) is 4.98 Å². The first kappa shape index (κ1) is 11.8. The van der Waals surface area contributed by atoms with Crippen LogP contribution in [0.2, 0.25) is 0 Å². The van der Waals surface area contributed by atoms with E-state index < -0.39 is 0 Å². The Balaban J connectivity index is 2.43. The molecule has 0 fully saturated rings. The molecule has 0 saturated carbocycles. The summed E-state index contributed by atoms with van der Waals surface area (Å²) in [5, 5.41) is 0. The van der Waals surface area contributed by atoms with Crippen molar-refractivity contribution in [3.05, 3.63) is 30.2 Å². The maximum atomic E-state index is 5.70. The van der Waals surface area contributed by atoms with Crippen molar-refractivity contribution < 1.29 is 9.47 Å². The lowest BCUT2D eigenvalue weighted by molar-refractivity contribution is 0.395. The van der Waals surface area contributed by atoms with E-state index in [1.165, 1.54) is 0 Å². The van der Waals surface area contributed by atoms with Gasteiger partial charge in [0, 0.05) is 11.6 Å². The van der Waals surface area contributed by atoms with Crippen molar-refractivity contribution in [3.8, 4) is 22.8 Å². The Labute approximate surface area is 105 Å². The fourth-order valence-electron chi connectivity index (χ4n) is 1.59. The number of aromatic amines is 1. The number of nitrogens with zero attached hydrogens (tertiary/aromatic N) is 1. The number of hydrogen-bond donors (Lipinski definition) is 1. The molecule has 0 radical (unpaired) electrons. The molecular weight excluding hydrogens is 240 g/mol. The Bertz CT molecular complexity index is 511. The summed E-state index contributed by atoms with van der Waals surface area (Å²) < 4.78 is 10.5. The van der Waals surface area contributed by atoms with Crippen LogP contribution in [-0.4, -0.2) is 24.2 Å². The Hall–Kier alpha value is -1.68. The van der Waals surface area contributed by atoms with Gasteiger partial charge in [0.2, 0.25) is 0 Å². The molecule has 1 heterocycles. The second-order valence-corrected chi connectivity index (χ2v) is 3.71. The number of imidazole rings is 1. The van der Waals surface area contributed by atoms with Gasteiger partial charge in [-0.3, -0.25) is 0 Å². The van der Waals surface area contributed by atoms with Gasteiger partial charge in [0.15, 0.2) is 0 Å². The second kappa shape index (κ2) is 5.10. The van der Waals surface area contributed by atoms with Gasteiger partial charge in [-0.05, 0) is 12.1 Å². The molecule has 0 unspecified atom stereocenters. The number of benzene rings is 1. The molecule has 0 spiro atoms. The van der Waals surface area contributed by atoms with Gasteiger partial charge >= 0.3 is 0 Å². The number of halogens is 1. The molecular formula is C12H13ClN2O2. The molecule has 1 aromatic carbocycles. The number of aromatic nitrogens is 2. The second-order valence-electron chi connectivity index (χ2n) is 3.44. The first-order valence-electron chi connectivity index (χ1n) is 5.10. The van der Waals surface area contributed by atoms with E-state index in [9.17, 15) is 0 Å². The Kier molecular flexibility index (Phi) is 3.54. The molecule has 2 rings (SSSR count). The predicted octanol–water partition coefficient (Wildman–Crippen LogP) is 2.83. The summed E-state index contributed by atoms with van der Waals surface area (Å²) >= 11 is 5.70. The molecule has 0 atom stereocenters. The van der Waals surface area contributed by atoms with Crippen LogP contribution in [0.25, 0.3) is 11.3 Å². The van der Waals surface area contributed by atoms with E-state index in [0.717, 1.165) is 28.6 Å². The zero-order valence-electron chi connectivity index (χ0n) is 9.66. The summed E-state index contributed by atoms with van der Waals surface area (Å²) in [7, 11) is 3.24. The van der Waals surface area contributed by atoms with Gasteiger partial charge < -0.3 is 14.5 Å². The third-order valence-corrected chi connectivity index (χ3v) is 2.71. The Morgan fingerprint density at radius 2 is 2.12 bits per heavy atom. The molecule has 17 heavy (non-hydrogen) atoms. The van der Waals surface area contributed by atoms with Crippen molar-refractivity contribution >= 4 is 11.6 Å². The average Bonchev–Trinajstić information content (AvgIpc) is 2.86. The van der Waals surface area contributed by atoms with E-state index in [2.05, 4.69) is 9.97 Å². The number of nitrogens with one attached hydrogen (secondary N) is 1. The van der Waals surface area contributed by atoms with Crippen LogP contribution in [-0.2, 0) is 5.88 Å². The molecule has 0 bridgehead atoms. The van der Waals surface area contributed by atoms with Gasteiger partial charge in [-0.1, -0.05) is 0 Å². The van der Waals surface area contributed by atoms with Crippen LogP contribution in [0.15, 0.2) is 24.4 Å². The Morgan fingerprint density at radius 3 is 2.71 bits per heavy atom. The van der Waals surface area contributed by atoms with Crippen LogP contribution >= 0.6 is 11.6 Å². The molecule has 0 aliphatic rings. The number of ether oxygens (including phenoxy) is 2. The largest absolute Gasteiger partial charge is 0.497 e. The van der Waals surface area contributed by atoms with Crippen molar-refractivity contribution in [1.82, 2.24) is 9.97 Å². The number of methoxy groups -OCH3 is 2. The van der Waals surface area contributed by atoms with Crippen molar-refractivity contribution in [2.24, 2.45) is 0 Å². The average molecular weight is 253 g/mol. The van der Waals surface area contributed by atoms with E-state index in [4.69, 9.17) is 21.1 Å². The smallest absolute Gasteiger partial charge is 0.131 e. The first-order valence-corrected chi connectivity index (χ1v) is 5.64. The van der Waals surface area contributed by atoms with Crippen LogP contribution in [0.3, 0.4) is 0 Å². The number of alkyl halides is 1. The van der Waals surface area contributed by atoms with Crippen LogP contribution in [0, 0.1) is 0 Å². The van der Waals surface area contributed by atoms with Crippen LogP contribution in [0.1, 0.15) is 5.82 Å². The lowest BCUT2D eigenvalue weighted by Gasteiger charge is -2.08. The van der Waals surface area contributed by atoms with E-state index >= 15 is 0 Å². The SMILES string of the molecule is COc1ccc(-c2cnc(CCl)[nH]2)c(OC)c1. The fourth-order valence-corrected chi connectivity index (χ4v) is 1.72. The summed E-state index contributed by atoms with van der Waals surface area (Å²) in [6, 6.07) is 5.62. The van der Waals surface area contributed by atoms with Gasteiger partial charge in [0.25, 0.3) is 0 Å². The summed E-state index contributed by atoms with van der Waals surface area (Å²) in [6.45, 7) is 0. The minimum Gasteiger partial charge on any atom is -0.497 e. The lowest BCUT2D eigenvalue weighted by Crippen LogP contribution is -1.90. The third-order valence-electron chi connectivity index (χ3n) is 2.45. The van der Waals surface area contributed by atoms with E-state index in [-0.39, 0.29) is 0 Å². The summed E-state index contributed by atoms with van der Waals surface area (Å²) in [5.74, 6) is 2.58. The minimum absolute atomic E-state index is 0.360. The lowest BCUT2D eigenvalue weighted by atomic mass is 10.1. The quantitative estimate of drug-likeness (QED) is 0.852. The number of hydrogen-bond acceptors (Lipinski definition) is 3. The summed E-state index contributed by atoms with van der Waals surface area (Å²) in [4.78, 5) is 7.28. The van der Waals surface area contributed by atoms with Crippen LogP contribution < -0.4 is 9.47 Å². The van der Waals surface area contributed by atoms with Crippen LogP contribution in [0.4, 0.5) is 0 Å². The van der Waals surface area contributed by atoms with Gasteiger partial charge in [-0.2, -0.15) is 0 Å². The maximum Gasteiger partial charge on any atom is 0.131 e. The highest BCUT2D eigenvalue weighted by Gasteiger charge is 2.09. The molecule has 0 amide bonds. The van der Waals surface area contributed by atoms with Gasteiger partial charge in [0.1, 0.15) is 17.3 Å². The summed E-state index contributed by atoms with van der Waals surface area (Å²) in [6.07, 6.45) is 1.74.